The van der Waals surface area contributed by atoms with E-state index in [4.69, 9.17) is 9.16 Å². The summed E-state index contributed by atoms with van der Waals surface area (Å²) in [6.45, 7) is 14.0. The van der Waals surface area contributed by atoms with E-state index in [2.05, 4.69) is 40.8 Å². The van der Waals surface area contributed by atoms with Crippen LogP contribution < -0.4 is 0 Å². The van der Waals surface area contributed by atoms with Crippen molar-refractivity contribution in [3.8, 4) is 0 Å². The van der Waals surface area contributed by atoms with Crippen molar-refractivity contribution >= 4 is 8.32 Å². The third kappa shape index (κ3) is 9.73. The summed E-state index contributed by atoms with van der Waals surface area (Å²) in [6, 6.07) is 0. The molecule has 0 bridgehead atoms. The van der Waals surface area contributed by atoms with E-state index in [9.17, 15) is 5.11 Å². The molecule has 1 N–H and O–H groups in total. The topological polar surface area (TPSA) is 38.7 Å². The fourth-order valence-corrected chi connectivity index (χ4v) is 5.23. The van der Waals surface area contributed by atoms with Crippen LogP contribution >= 0.6 is 0 Å². The summed E-state index contributed by atoms with van der Waals surface area (Å²) in [7, 11) is -1.81. The van der Waals surface area contributed by atoms with E-state index in [0.717, 1.165) is 19.3 Å². The van der Waals surface area contributed by atoms with Gasteiger partial charge in [-0.1, -0.05) is 91.9 Å². The van der Waals surface area contributed by atoms with Crippen molar-refractivity contribution in [3.63, 3.8) is 0 Å². The Morgan fingerprint density at radius 2 is 1.46 bits per heavy atom. The van der Waals surface area contributed by atoms with Gasteiger partial charge in [0.05, 0.1) is 24.9 Å². The molecule has 4 heteroatoms. The molecule has 0 radical (unpaired) electrons. The number of unbranched alkanes of at least 4 members (excludes halogenated alkanes) is 9. The summed E-state index contributed by atoms with van der Waals surface area (Å²) in [5, 5.41) is 9.66. The van der Waals surface area contributed by atoms with Crippen molar-refractivity contribution in [2.24, 2.45) is 0 Å². The lowest BCUT2D eigenvalue weighted by Crippen LogP contribution is -2.47. The highest BCUT2D eigenvalue weighted by molar-refractivity contribution is 6.74. The van der Waals surface area contributed by atoms with Gasteiger partial charge in [0.25, 0.3) is 0 Å². The second-order valence-corrected chi connectivity index (χ2v) is 15.2. The van der Waals surface area contributed by atoms with Gasteiger partial charge in [0.2, 0.25) is 0 Å². The Hall–Kier alpha value is 0.0969. The summed E-state index contributed by atoms with van der Waals surface area (Å²) in [4.78, 5) is 0. The monoisotopic (exact) mass is 414 g/mol. The smallest absolute Gasteiger partial charge is 0.192 e. The average molecular weight is 415 g/mol. The highest BCUT2D eigenvalue weighted by atomic mass is 28.4. The van der Waals surface area contributed by atoms with Crippen LogP contribution in [0.2, 0.25) is 18.1 Å². The number of ether oxygens (including phenoxy) is 1. The minimum atomic E-state index is -1.81. The van der Waals surface area contributed by atoms with Gasteiger partial charge in [0, 0.05) is 0 Å². The lowest BCUT2D eigenvalue weighted by molar-refractivity contribution is -0.0468. The van der Waals surface area contributed by atoms with Crippen LogP contribution in [0.15, 0.2) is 0 Å². The van der Waals surface area contributed by atoms with E-state index >= 15 is 0 Å². The van der Waals surface area contributed by atoms with Crippen molar-refractivity contribution < 1.29 is 14.3 Å². The van der Waals surface area contributed by atoms with Crippen LogP contribution in [0.25, 0.3) is 0 Å². The molecule has 1 saturated heterocycles. The second-order valence-electron chi connectivity index (χ2n) is 10.4. The van der Waals surface area contributed by atoms with Crippen molar-refractivity contribution in [2.75, 3.05) is 6.61 Å². The fourth-order valence-electron chi connectivity index (χ4n) is 3.85. The number of hydrogen-bond acceptors (Lipinski definition) is 3. The molecule has 0 amide bonds. The average Bonchev–Trinajstić information content (AvgIpc) is 3.10. The van der Waals surface area contributed by atoms with Gasteiger partial charge >= 0.3 is 0 Å². The van der Waals surface area contributed by atoms with Gasteiger partial charge in [-0.3, -0.25) is 0 Å². The van der Waals surface area contributed by atoms with Crippen LogP contribution in [0.3, 0.4) is 0 Å². The number of hydrogen-bond donors (Lipinski definition) is 1. The quantitative estimate of drug-likeness (QED) is 0.227. The highest BCUT2D eigenvalue weighted by Crippen LogP contribution is 2.39. The lowest BCUT2D eigenvalue weighted by atomic mass is 10.0. The minimum absolute atomic E-state index is 0.0169. The lowest BCUT2D eigenvalue weighted by Gasteiger charge is -2.41. The molecular weight excluding hydrogens is 364 g/mol. The van der Waals surface area contributed by atoms with E-state index in [1.54, 1.807) is 0 Å². The van der Waals surface area contributed by atoms with Gasteiger partial charge in [0.1, 0.15) is 0 Å². The van der Waals surface area contributed by atoms with Crippen molar-refractivity contribution in [2.45, 2.75) is 148 Å². The number of aliphatic hydroxyl groups is 1. The van der Waals surface area contributed by atoms with Gasteiger partial charge in [-0.15, -0.1) is 0 Å². The zero-order chi connectivity index (χ0) is 21.0. The molecule has 1 aliphatic rings. The maximum Gasteiger partial charge on any atom is 0.192 e. The third-order valence-corrected chi connectivity index (χ3v) is 11.4. The zero-order valence-corrected chi connectivity index (χ0v) is 20.9. The predicted molar refractivity (Wildman–Crippen MR) is 124 cm³/mol. The summed E-state index contributed by atoms with van der Waals surface area (Å²) >= 11 is 0. The number of aliphatic hydroxyl groups excluding tert-OH is 1. The van der Waals surface area contributed by atoms with Crippen LogP contribution in [0.5, 0.6) is 0 Å². The second kappa shape index (κ2) is 13.4. The van der Waals surface area contributed by atoms with E-state index < -0.39 is 8.32 Å². The molecule has 3 atom stereocenters. The molecule has 0 aromatic carbocycles. The Kier molecular flexibility index (Phi) is 12.5. The zero-order valence-electron chi connectivity index (χ0n) is 19.9. The van der Waals surface area contributed by atoms with Gasteiger partial charge in [-0.2, -0.15) is 0 Å². The molecule has 1 rings (SSSR count). The maximum absolute atomic E-state index is 9.43. The molecule has 0 aromatic heterocycles. The molecule has 28 heavy (non-hydrogen) atoms. The molecule has 0 aromatic rings. The molecule has 0 aliphatic carbocycles. The van der Waals surface area contributed by atoms with E-state index in [0.29, 0.717) is 0 Å². The Morgan fingerprint density at radius 1 is 0.929 bits per heavy atom. The molecule has 0 unspecified atom stereocenters. The highest BCUT2D eigenvalue weighted by Gasteiger charge is 2.42. The summed E-state index contributed by atoms with van der Waals surface area (Å²) in [6.07, 6.45) is 17.1. The Morgan fingerprint density at radius 3 is 1.93 bits per heavy atom. The molecule has 3 nitrogen and oxygen atoms in total. The first-order valence-electron chi connectivity index (χ1n) is 12.2. The van der Waals surface area contributed by atoms with Crippen LogP contribution in [0.1, 0.15) is 111 Å². The SMILES string of the molecule is CCCCCCCCCCCC[C@@H](O[Si](C)(C)C(C)(C)C)[C@@H]1CC[C@H](CO)O1. The summed E-state index contributed by atoms with van der Waals surface area (Å²) in [5.74, 6) is 0. The Balaban J connectivity index is 2.36. The normalized spacial score (nSPS) is 22.0. The van der Waals surface area contributed by atoms with Gasteiger partial charge in [-0.05, 0) is 37.4 Å². The molecule has 1 heterocycles. The molecule has 1 fully saturated rings. The summed E-state index contributed by atoms with van der Waals surface area (Å²) < 4.78 is 12.9. The summed E-state index contributed by atoms with van der Waals surface area (Å²) in [5.41, 5.74) is 0. The third-order valence-electron chi connectivity index (χ3n) is 6.85. The van der Waals surface area contributed by atoms with E-state index in [1.807, 2.05) is 0 Å². The van der Waals surface area contributed by atoms with Crippen molar-refractivity contribution in [1.29, 1.82) is 0 Å². The maximum atomic E-state index is 9.43. The van der Waals surface area contributed by atoms with Crippen LogP contribution in [-0.4, -0.2) is 38.3 Å². The van der Waals surface area contributed by atoms with E-state index in [-0.39, 0.29) is 30.0 Å². The predicted octanol–water partition coefficient (Wildman–Crippen LogP) is 7.23. The fraction of sp³-hybridized carbons (Fsp3) is 1.00. The van der Waals surface area contributed by atoms with Crippen molar-refractivity contribution in [1.82, 2.24) is 0 Å². The molecular formula is C24H50O3Si. The van der Waals surface area contributed by atoms with E-state index in [1.165, 1.54) is 64.2 Å². The Bertz CT molecular complexity index is 392. The molecule has 0 saturated carbocycles. The van der Waals surface area contributed by atoms with Crippen LogP contribution in [0, 0.1) is 0 Å². The minimum Gasteiger partial charge on any atom is -0.411 e. The largest absolute Gasteiger partial charge is 0.411 e. The van der Waals surface area contributed by atoms with Gasteiger partial charge in [0.15, 0.2) is 8.32 Å². The van der Waals surface area contributed by atoms with Crippen molar-refractivity contribution in [3.05, 3.63) is 0 Å². The standard InChI is InChI=1S/C24H50O3Si/c1-7-8-9-10-11-12-13-14-15-16-17-23(22-19-18-21(20-25)26-22)27-28(5,6)24(2,3)4/h21-23,25H,7-20H2,1-6H3/t21-,22+,23-/m1/s1. The van der Waals surface area contributed by atoms with Crippen LogP contribution in [0.4, 0.5) is 0 Å². The molecule has 1 aliphatic heterocycles. The Labute approximate surface area is 177 Å². The first-order chi connectivity index (χ1) is 13.2. The van der Waals surface area contributed by atoms with Gasteiger partial charge < -0.3 is 14.3 Å². The molecule has 168 valence electrons. The first kappa shape index (κ1) is 26.1. The first-order valence-corrected chi connectivity index (χ1v) is 15.1. The number of rotatable bonds is 15. The van der Waals surface area contributed by atoms with Crippen LogP contribution in [-0.2, 0) is 9.16 Å². The van der Waals surface area contributed by atoms with Gasteiger partial charge in [-0.25, -0.2) is 0 Å². The molecule has 0 spiro atoms.